The number of aryl methyl sites for hydroxylation is 1. The van der Waals surface area contributed by atoms with Crippen molar-refractivity contribution >= 4 is 11.9 Å². The van der Waals surface area contributed by atoms with Crippen molar-refractivity contribution in [3.8, 4) is 0 Å². The monoisotopic (exact) mass is 148 g/mol. The molecule has 2 nitrogen and oxygen atoms in total. The van der Waals surface area contributed by atoms with E-state index < -0.39 is 0 Å². The minimum atomic E-state index is 0.694. The Morgan fingerprint density at radius 2 is 2.27 bits per heavy atom. The van der Waals surface area contributed by atoms with E-state index in [1.54, 1.807) is 0 Å². The van der Waals surface area contributed by atoms with Crippen molar-refractivity contribution in [2.24, 2.45) is 0 Å². The minimum Gasteiger partial charge on any atom is -0.398 e. The average Bonchev–Trinajstić information content (AvgIpc) is 2.04. The maximum absolute atomic E-state index is 7.01. The number of rotatable bonds is 2. The van der Waals surface area contributed by atoms with Gasteiger partial charge in [0.15, 0.2) is 0 Å². The van der Waals surface area contributed by atoms with Crippen molar-refractivity contribution in [1.82, 2.24) is 0 Å². The van der Waals surface area contributed by atoms with Crippen LogP contribution in [0.3, 0.4) is 0 Å². The molecule has 0 unspecified atom stereocenters. The first kappa shape index (κ1) is 7.79. The van der Waals surface area contributed by atoms with Crippen molar-refractivity contribution < 1.29 is 0 Å². The highest BCUT2D eigenvalue weighted by Gasteiger charge is 1.95. The van der Waals surface area contributed by atoms with E-state index in [0.717, 1.165) is 12.0 Å². The minimum absolute atomic E-state index is 0.694. The SMILES string of the molecule is CCc1ccc(C=N)c(N)c1. The summed E-state index contributed by atoms with van der Waals surface area (Å²) in [5, 5.41) is 7.01. The quantitative estimate of drug-likeness (QED) is 0.488. The highest BCUT2D eigenvalue weighted by molar-refractivity contribution is 5.84. The molecule has 0 aliphatic heterocycles. The summed E-state index contributed by atoms with van der Waals surface area (Å²) in [6.45, 7) is 2.08. The Morgan fingerprint density at radius 1 is 1.55 bits per heavy atom. The molecule has 11 heavy (non-hydrogen) atoms. The van der Waals surface area contributed by atoms with Crippen molar-refractivity contribution in [1.29, 1.82) is 5.41 Å². The summed E-state index contributed by atoms with van der Waals surface area (Å²) in [6, 6.07) is 5.79. The number of nitrogens with one attached hydrogen (secondary N) is 1. The number of nitrogens with two attached hydrogens (primary N) is 1. The second-order valence-electron chi connectivity index (χ2n) is 2.46. The fourth-order valence-electron chi connectivity index (χ4n) is 0.976. The Bertz CT molecular complexity index is 266. The van der Waals surface area contributed by atoms with Crippen LogP contribution in [0.5, 0.6) is 0 Å². The van der Waals surface area contributed by atoms with Gasteiger partial charge in [-0.15, -0.1) is 0 Å². The zero-order valence-electron chi connectivity index (χ0n) is 6.59. The van der Waals surface area contributed by atoms with Crippen LogP contribution in [0, 0.1) is 5.41 Å². The van der Waals surface area contributed by atoms with Gasteiger partial charge in [0.05, 0.1) is 0 Å². The average molecular weight is 148 g/mol. The van der Waals surface area contributed by atoms with E-state index in [2.05, 4.69) is 6.92 Å². The molecule has 0 atom stereocenters. The smallest absolute Gasteiger partial charge is 0.0405 e. The first-order chi connectivity index (χ1) is 5.27. The lowest BCUT2D eigenvalue weighted by molar-refractivity contribution is 1.14. The molecule has 0 aromatic heterocycles. The summed E-state index contributed by atoms with van der Waals surface area (Å²) in [6.07, 6.45) is 2.26. The summed E-state index contributed by atoms with van der Waals surface area (Å²) >= 11 is 0. The molecule has 0 amide bonds. The van der Waals surface area contributed by atoms with Crippen molar-refractivity contribution in [3.05, 3.63) is 29.3 Å². The number of hydrogen-bond donors (Lipinski definition) is 2. The van der Waals surface area contributed by atoms with Gasteiger partial charge >= 0.3 is 0 Å². The fourth-order valence-corrected chi connectivity index (χ4v) is 0.976. The summed E-state index contributed by atoms with van der Waals surface area (Å²) in [5.74, 6) is 0. The Morgan fingerprint density at radius 3 is 2.73 bits per heavy atom. The molecule has 0 bridgehead atoms. The van der Waals surface area contributed by atoms with Crippen LogP contribution in [0.25, 0.3) is 0 Å². The molecule has 1 aromatic carbocycles. The van der Waals surface area contributed by atoms with Crippen molar-refractivity contribution in [3.63, 3.8) is 0 Å². The molecule has 0 aliphatic carbocycles. The van der Waals surface area contributed by atoms with Gasteiger partial charge in [0.2, 0.25) is 0 Å². The van der Waals surface area contributed by atoms with Crippen LogP contribution in [-0.4, -0.2) is 6.21 Å². The predicted molar refractivity (Wildman–Crippen MR) is 48.1 cm³/mol. The van der Waals surface area contributed by atoms with Crippen LogP contribution in [0.4, 0.5) is 5.69 Å². The zero-order valence-corrected chi connectivity index (χ0v) is 6.59. The molecule has 0 radical (unpaired) electrons. The molecule has 0 heterocycles. The molecule has 1 aromatic rings. The first-order valence-electron chi connectivity index (χ1n) is 3.66. The van der Waals surface area contributed by atoms with Gasteiger partial charge in [-0.05, 0) is 18.1 Å². The maximum Gasteiger partial charge on any atom is 0.0405 e. The molecule has 0 fully saturated rings. The van der Waals surface area contributed by atoms with Gasteiger partial charge in [0, 0.05) is 17.5 Å². The van der Waals surface area contributed by atoms with Crippen LogP contribution >= 0.6 is 0 Å². The van der Waals surface area contributed by atoms with E-state index in [-0.39, 0.29) is 0 Å². The zero-order chi connectivity index (χ0) is 8.27. The van der Waals surface area contributed by atoms with E-state index in [0.29, 0.717) is 5.69 Å². The molecule has 3 N–H and O–H groups in total. The number of benzene rings is 1. The molecule has 0 saturated carbocycles. The Hall–Kier alpha value is -1.31. The van der Waals surface area contributed by atoms with Crippen LogP contribution < -0.4 is 5.73 Å². The molecule has 2 heteroatoms. The Kier molecular flexibility index (Phi) is 2.26. The summed E-state index contributed by atoms with van der Waals surface area (Å²) in [7, 11) is 0. The highest BCUT2D eigenvalue weighted by Crippen LogP contribution is 2.12. The molecule has 1 rings (SSSR count). The normalized spacial score (nSPS) is 9.55. The van der Waals surface area contributed by atoms with Gasteiger partial charge in [-0.1, -0.05) is 19.1 Å². The third kappa shape index (κ3) is 1.58. The predicted octanol–water partition coefficient (Wildman–Crippen LogP) is 1.83. The Balaban J connectivity index is 3.09. The molecule has 0 saturated heterocycles. The summed E-state index contributed by atoms with van der Waals surface area (Å²) in [5.41, 5.74) is 8.36. The van der Waals surface area contributed by atoms with E-state index >= 15 is 0 Å². The van der Waals surface area contributed by atoms with Crippen LogP contribution in [-0.2, 0) is 6.42 Å². The highest BCUT2D eigenvalue weighted by atomic mass is 14.6. The van der Waals surface area contributed by atoms with E-state index in [1.165, 1.54) is 11.8 Å². The van der Waals surface area contributed by atoms with Gasteiger partial charge in [-0.2, -0.15) is 0 Å². The second kappa shape index (κ2) is 3.19. The lowest BCUT2D eigenvalue weighted by Crippen LogP contribution is -1.93. The van der Waals surface area contributed by atoms with Crippen molar-refractivity contribution in [2.75, 3.05) is 5.73 Å². The first-order valence-corrected chi connectivity index (χ1v) is 3.66. The van der Waals surface area contributed by atoms with Gasteiger partial charge in [-0.25, -0.2) is 0 Å². The maximum atomic E-state index is 7.01. The number of anilines is 1. The van der Waals surface area contributed by atoms with Gasteiger partial charge in [0.25, 0.3) is 0 Å². The standard InChI is InChI=1S/C9H12N2/c1-2-7-3-4-8(6-10)9(11)5-7/h3-6,10H,2,11H2,1H3. The van der Waals surface area contributed by atoms with E-state index in [9.17, 15) is 0 Å². The molecular weight excluding hydrogens is 136 g/mol. The van der Waals surface area contributed by atoms with Crippen LogP contribution in [0.2, 0.25) is 0 Å². The van der Waals surface area contributed by atoms with Gasteiger partial charge in [0.1, 0.15) is 0 Å². The molecule has 0 spiro atoms. The number of hydrogen-bond acceptors (Lipinski definition) is 2. The van der Waals surface area contributed by atoms with Crippen LogP contribution in [0.15, 0.2) is 18.2 Å². The number of nitrogen functional groups attached to an aromatic ring is 1. The third-order valence-corrected chi connectivity index (χ3v) is 1.71. The van der Waals surface area contributed by atoms with Gasteiger partial charge in [-0.3, -0.25) is 0 Å². The Labute approximate surface area is 66.6 Å². The van der Waals surface area contributed by atoms with E-state index in [1.807, 2.05) is 18.2 Å². The lowest BCUT2D eigenvalue weighted by atomic mass is 10.1. The molecule has 0 aliphatic rings. The fraction of sp³-hybridized carbons (Fsp3) is 0.222. The molecular formula is C9H12N2. The topological polar surface area (TPSA) is 49.9 Å². The largest absolute Gasteiger partial charge is 0.398 e. The summed E-state index contributed by atoms with van der Waals surface area (Å²) < 4.78 is 0. The molecule has 58 valence electrons. The lowest BCUT2D eigenvalue weighted by Gasteiger charge is -2.01. The van der Waals surface area contributed by atoms with Gasteiger partial charge < -0.3 is 11.1 Å². The second-order valence-corrected chi connectivity index (χ2v) is 2.46. The van der Waals surface area contributed by atoms with Crippen LogP contribution in [0.1, 0.15) is 18.1 Å². The van der Waals surface area contributed by atoms with Crippen molar-refractivity contribution in [2.45, 2.75) is 13.3 Å². The third-order valence-electron chi connectivity index (χ3n) is 1.71. The van der Waals surface area contributed by atoms with E-state index in [4.69, 9.17) is 11.1 Å². The summed E-state index contributed by atoms with van der Waals surface area (Å²) in [4.78, 5) is 0.